The van der Waals surface area contributed by atoms with Gasteiger partial charge in [-0.1, -0.05) is 18.2 Å². The summed E-state index contributed by atoms with van der Waals surface area (Å²) >= 11 is 0. The standard InChI is InChI=1S/C9H10N6O2/c10-5-9-11-12-13-14(9)6-7-3-1-2-4-8(7)15(16)17/h1-4H,5-6,10H2. The van der Waals surface area contributed by atoms with Gasteiger partial charge in [-0.15, -0.1) is 5.10 Å². The Labute approximate surface area is 96.2 Å². The molecule has 0 aliphatic heterocycles. The van der Waals surface area contributed by atoms with Gasteiger partial charge in [0.25, 0.3) is 5.69 Å². The maximum atomic E-state index is 10.8. The number of tetrazole rings is 1. The first-order valence-electron chi connectivity index (χ1n) is 4.89. The fourth-order valence-electron chi connectivity index (χ4n) is 1.48. The molecule has 0 spiro atoms. The van der Waals surface area contributed by atoms with Crippen molar-refractivity contribution in [2.45, 2.75) is 13.1 Å². The molecular weight excluding hydrogens is 224 g/mol. The first-order valence-corrected chi connectivity index (χ1v) is 4.89. The third-order valence-electron chi connectivity index (χ3n) is 2.30. The lowest BCUT2D eigenvalue weighted by Crippen LogP contribution is -2.11. The quantitative estimate of drug-likeness (QED) is 0.592. The summed E-state index contributed by atoms with van der Waals surface area (Å²) in [7, 11) is 0. The molecule has 0 radical (unpaired) electrons. The number of rotatable bonds is 4. The molecule has 0 aliphatic rings. The van der Waals surface area contributed by atoms with Crippen LogP contribution >= 0.6 is 0 Å². The van der Waals surface area contributed by atoms with Crippen molar-refractivity contribution in [3.8, 4) is 0 Å². The molecule has 2 N–H and O–H groups in total. The minimum atomic E-state index is -0.429. The van der Waals surface area contributed by atoms with E-state index < -0.39 is 4.92 Å². The molecule has 17 heavy (non-hydrogen) atoms. The average Bonchev–Trinajstić information content (AvgIpc) is 2.77. The lowest BCUT2D eigenvalue weighted by atomic mass is 10.2. The molecule has 0 unspecified atom stereocenters. The van der Waals surface area contributed by atoms with E-state index in [1.165, 1.54) is 10.7 Å². The van der Waals surface area contributed by atoms with Crippen LogP contribution in [0.5, 0.6) is 0 Å². The minimum Gasteiger partial charge on any atom is -0.324 e. The van der Waals surface area contributed by atoms with Crippen LogP contribution in [0.1, 0.15) is 11.4 Å². The number of para-hydroxylation sites is 1. The summed E-state index contributed by atoms with van der Waals surface area (Å²) in [5, 5.41) is 21.7. The molecule has 0 aliphatic carbocycles. The van der Waals surface area contributed by atoms with Gasteiger partial charge in [-0.3, -0.25) is 10.1 Å². The zero-order chi connectivity index (χ0) is 12.3. The highest BCUT2D eigenvalue weighted by atomic mass is 16.6. The molecule has 0 amide bonds. The van der Waals surface area contributed by atoms with Gasteiger partial charge in [0, 0.05) is 6.07 Å². The van der Waals surface area contributed by atoms with Gasteiger partial charge in [0.15, 0.2) is 5.82 Å². The zero-order valence-corrected chi connectivity index (χ0v) is 8.85. The molecule has 0 fully saturated rings. The largest absolute Gasteiger partial charge is 0.324 e. The summed E-state index contributed by atoms with van der Waals surface area (Å²) < 4.78 is 1.45. The molecular formula is C9H10N6O2. The summed E-state index contributed by atoms with van der Waals surface area (Å²) in [4.78, 5) is 10.4. The minimum absolute atomic E-state index is 0.0472. The first kappa shape index (κ1) is 11.1. The lowest BCUT2D eigenvalue weighted by Gasteiger charge is -2.03. The van der Waals surface area contributed by atoms with E-state index in [1.807, 2.05) is 0 Å². The van der Waals surface area contributed by atoms with E-state index in [0.29, 0.717) is 11.4 Å². The Morgan fingerprint density at radius 1 is 1.41 bits per heavy atom. The van der Waals surface area contributed by atoms with Crippen LogP contribution in [0.4, 0.5) is 5.69 Å². The third-order valence-corrected chi connectivity index (χ3v) is 2.30. The van der Waals surface area contributed by atoms with Crippen LogP contribution in [-0.4, -0.2) is 25.1 Å². The van der Waals surface area contributed by atoms with E-state index in [0.717, 1.165) is 0 Å². The van der Waals surface area contributed by atoms with Gasteiger partial charge in [-0.2, -0.15) is 0 Å². The SMILES string of the molecule is NCc1nnnn1Cc1ccccc1[N+](=O)[O-]. The molecule has 1 aromatic carbocycles. The van der Waals surface area contributed by atoms with Crippen LogP contribution in [0.15, 0.2) is 24.3 Å². The van der Waals surface area contributed by atoms with Crippen LogP contribution in [0, 0.1) is 10.1 Å². The second-order valence-electron chi connectivity index (χ2n) is 3.34. The average molecular weight is 234 g/mol. The molecule has 8 nitrogen and oxygen atoms in total. The van der Waals surface area contributed by atoms with Gasteiger partial charge in [0.05, 0.1) is 23.6 Å². The Bertz CT molecular complexity index is 538. The summed E-state index contributed by atoms with van der Waals surface area (Å²) in [6.45, 7) is 0.421. The van der Waals surface area contributed by atoms with Crippen LogP contribution in [0.2, 0.25) is 0 Å². The van der Waals surface area contributed by atoms with Gasteiger partial charge < -0.3 is 5.73 Å². The fraction of sp³-hybridized carbons (Fsp3) is 0.222. The summed E-state index contributed by atoms with van der Waals surface area (Å²) in [6.07, 6.45) is 0. The Kier molecular flexibility index (Phi) is 3.06. The van der Waals surface area contributed by atoms with E-state index in [2.05, 4.69) is 15.5 Å². The second kappa shape index (κ2) is 4.66. The number of hydrogen-bond acceptors (Lipinski definition) is 6. The Morgan fingerprint density at radius 3 is 2.88 bits per heavy atom. The van der Waals surface area contributed by atoms with E-state index in [4.69, 9.17) is 5.73 Å². The Hall–Kier alpha value is -2.35. The summed E-state index contributed by atoms with van der Waals surface area (Å²) in [5.41, 5.74) is 6.04. The summed E-state index contributed by atoms with van der Waals surface area (Å²) in [6, 6.07) is 6.46. The zero-order valence-electron chi connectivity index (χ0n) is 8.85. The molecule has 88 valence electrons. The van der Waals surface area contributed by atoms with Gasteiger partial charge >= 0.3 is 0 Å². The van der Waals surface area contributed by atoms with Gasteiger partial charge in [-0.25, -0.2) is 4.68 Å². The monoisotopic (exact) mass is 234 g/mol. The molecule has 2 rings (SSSR count). The Balaban J connectivity index is 2.33. The molecule has 0 saturated heterocycles. The predicted octanol–water partition coefficient (Wildman–Crippen LogP) is 0.0883. The van der Waals surface area contributed by atoms with Crippen LogP contribution in [-0.2, 0) is 13.1 Å². The van der Waals surface area contributed by atoms with Crippen molar-refractivity contribution in [1.82, 2.24) is 20.2 Å². The topological polar surface area (TPSA) is 113 Å². The van der Waals surface area contributed by atoms with Gasteiger partial charge in [0.2, 0.25) is 0 Å². The normalized spacial score (nSPS) is 10.4. The van der Waals surface area contributed by atoms with E-state index in [-0.39, 0.29) is 18.8 Å². The number of nitro groups is 1. The van der Waals surface area contributed by atoms with Crippen LogP contribution in [0.3, 0.4) is 0 Å². The lowest BCUT2D eigenvalue weighted by molar-refractivity contribution is -0.385. The molecule has 1 heterocycles. The van der Waals surface area contributed by atoms with Gasteiger partial charge in [-0.05, 0) is 10.4 Å². The van der Waals surface area contributed by atoms with Crippen molar-refractivity contribution >= 4 is 5.69 Å². The van der Waals surface area contributed by atoms with E-state index in [9.17, 15) is 10.1 Å². The number of hydrogen-bond donors (Lipinski definition) is 1. The molecule has 2 aromatic rings. The molecule has 1 aromatic heterocycles. The predicted molar refractivity (Wildman–Crippen MR) is 57.9 cm³/mol. The second-order valence-corrected chi connectivity index (χ2v) is 3.34. The Morgan fingerprint density at radius 2 is 2.18 bits per heavy atom. The van der Waals surface area contributed by atoms with Crippen molar-refractivity contribution in [1.29, 1.82) is 0 Å². The summed E-state index contributed by atoms with van der Waals surface area (Å²) in [5.74, 6) is 0.489. The molecule has 8 heteroatoms. The smallest absolute Gasteiger partial charge is 0.274 e. The van der Waals surface area contributed by atoms with Crippen LogP contribution in [0.25, 0.3) is 0 Å². The maximum absolute atomic E-state index is 10.8. The first-order chi connectivity index (χ1) is 8.22. The third kappa shape index (κ3) is 2.26. The number of nitrogens with two attached hydrogens (primary N) is 1. The van der Waals surface area contributed by atoms with Crippen molar-refractivity contribution in [2.75, 3.05) is 0 Å². The number of aromatic nitrogens is 4. The highest BCUT2D eigenvalue weighted by Crippen LogP contribution is 2.18. The molecule has 0 saturated carbocycles. The number of nitrogens with zero attached hydrogens (tertiary/aromatic N) is 5. The van der Waals surface area contributed by atoms with Crippen LogP contribution < -0.4 is 5.73 Å². The van der Waals surface area contributed by atoms with Gasteiger partial charge in [0.1, 0.15) is 0 Å². The van der Waals surface area contributed by atoms with Crippen molar-refractivity contribution in [3.05, 3.63) is 45.8 Å². The maximum Gasteiger partial charge on any atom is 0.274 e. The highest BCUT2D eigenvalue weighted by Gasteiger charge is 2.14. The fourth-order valence-corrected chi connectivity index (χ4v) is 1.48. The number of nitro benzene ring substituents is 1. The van der Waals surface area contributed by atoms with E-state index >= 15 is 0 Å². The number of benzene rings is 1. The van der Waals surface area contributed by atoms with Crippen molar-refractivity contribution in [2.24, 2.45) is 5.73 Å². The highest BCUT2D eigenvalue weighted by molar-refractivity contribution is 5.39. The van der Waals surface area contributed by atoms with Crippen molar-refractivity contribution in [3.63, 3.8) is 0 Å². The molecule has 0 atom stereocenters. The van der Waals surface area contributed by atoms with E-state index in [1.54, 1.807) is 18.2 Å². The van der Waals surface area contributed by atoms with Crippen molar-refractivity contribution < 1.29 is 4.92 Å². The molecule has 0 bridgehead atoms.